The number of aromatic amines is 1. The van der Waals surface area contributed by atoms with E-state index in [0.717, 1.165) is 0 Å². The molecule has 0 saturated heterocycles. The van der Waals surface area contributed by atoms with Gasteiger partial charge in [0, 0.05) is 30.4 Å². The standard InChI is InChI=1S/C25H22ClFN4O4/c1-25(12-34-2)24(33)30-19-11-29-23-20(21(19)31-25)17(10-28-23)22(32)16-7-6-15(9-18(16)26)35-14-5-3-4-13(27)8-14/h3-11,22,31-32H,12H2,1-2H3,(H,28,29)(H,30,33)/t22?,25-/m0/s1/i2D3. The van der Waals surface area contributed by atoms with Crippen LogP contribution < -0.4 is 15.4 Å². The maximum atomic E-state index is 13.5. The molecule has 35 heavy (non-hydrogen) atoms. The predicted molar refractivity (Wildman–Crippen MR) is 131 cm³/mol. The highest BCUT2D eigenvalue weighted by atomic mass is 35.5. The van der Waals surface area contributed by atoms with Crippen molar-refractivity contribution in [2.75, 3.05) is 24.3 Å². The Morgan fingerprint density at radius 3 is 2.86 bits per heavy atom. The van der Waals surface area contributed by atoms with E-state index in [9.17, 15) is 14.3 Å². The molecule has 0 radical (unpaired) electrons. The van der Waals surface area contributed by atoms with Gasteiger partial charge >= 0.3 is 0 Å². The predicted octanol–water partition coefficient (Wildman–Crippen LogP) is 5.00. The van der Waals surface area contributed by atoms with Crippen LogP contribution in [0.3, 0.4) is 0 Å². The van der Waals surface area contributed by atoms with Crippen LogP contribution >= 0.6 is 11.6 Å². The van der Waals surface area contributed by atoms with Crippen molar-refractivity contribution in [3.8, 4) is 11.5 Å². The number of halogens is 2. The number of benzene rings is 2. The Bertz CT molecular complexity index is 1550. The van der Waals surface area contributed by atoms with Gasteiger partial charge < -0.3 is 30.2 Å². The topological polar surface area (TPSA) is 108 Å². The average Bonchev–Trinajstić information content (AvgIpc) is 3.28. The molecule has 1 unspecified atom stereocenters. The number of aliphatic hydroxyl groups excluding tert-OH is 1. The van der Waals surface area contributed by atoms with Gasteiger partial charge in [0.25, 0.3) is 5.91 Å². The Morgan fingerprint density at radius 2 is 2.09 bits per heavy atom. The first-order valence-electron chi connectivity index (χ1n) is 12.1. The summed E-state index contributed by atoms with van der Waals surface area (Å²) >= 11 is 6.50. The first kappa shape index (κ1) is 19.6. The molecule has 0 aliphatic carbocycles. The number of methoxy groups -OCH3 is 1. The Kier molecular flexibility index (Phi) is 4.96. The zero-order chi connectivity index (χ0) is 27.2. The van der Waals surface area contributed by atoms with Gasteiger partial charge in [0.2, 0.25) is 0 Å². The first-order valence-corrected chi connectivity index (χ1v) is 11.0. The van der Waals surface area contributed by atoms with Crippen LogP contribution in [-0.4, -0.2) is 40.2 Å². The lowest BCUT2D eigenvalue weighted by atomic mass is 9.95. The molecule has 0 fully saturated rings. The molecule has 4 aromatic rings. The molecule has 5 rings (SSSR count). The summed E-state index contributed by atoms with van der Waals surface area (Å²) in [6.45, 7) is 1.08. The summed E-state index contributed by atoms with van der Waals surface area (Å²) in [5.41, 5.74) is 0.569. The van der Waals surface area contributed by atoms with E-state index in [1.165, 1.54) is 37.4 Å². The molecule has 2 aromatic heterocycles. The van der Waals surface area contributed by atoms with Crippen LogP contribution in [0, 0.1) is 5.82 Å². The van der Waals surface area contributed by atoms with Gasteiger partial charge in [0.1, 0.15) is 34.6 Å². The number of hydrogen-bond acceptors (Lipinski definition) is 6. The highest BCUT2D eigenvalue weighted by Crippen LogP contribution is 2.42. The Labute approximate surface area is 209 Å². The van der Waals surface area contributed by atoms with E-state index in [-0.39, 0.29) is 5.02 Å². The molecule has 0 spiro atoms. The molecule has 1 amide bonds. The second-order valence-corrected chi connectivity index (χ2v) is 8.77. The number of nitrogens with one attached hydrogen (secondary N) is 3. The first-order chi connectivity index (χ1) is 17.9. The van der Waals surface area contributed by atoms with Gasteiger partial charge in [-0.1, -0.05) is 23.7 Å². The molecule has 1 aliphatic heterocycles. The number of ether oxygens (including phenoxy) is 2. The third-order valence-corrected chi connectivity index (χ3v) is 6.16. The van der Waals surface area contributed by atoms with Gasteiger partial charge in [-0.25, -0.2) is 9.37 Å². The molecule has 4 N–H and O–H groups in total. The summed E-state index contributed by atoms with van der Waals surface area (Å²) in [6, 6.07) is 10.4. The molecule has 3 heterocycles. The van der Waals surface area contributed by atoms with Gasteiger partial charge in [-0.3, -0.25) is 4.79 Å². The number of anilines is 2. The van der Waals surface area contributed by atoms with Gasteiger partial charge in [0.05, 0.1) is 38.7 Å². The zero-order valence-corrected chi connectivity index (χ0v) is 19.1. The maximum Gasteiger partial charge on any atom is 0.252 e. The highest BCUT2D eigenvalue weighted by molar-refractivity contribution is 6.31. The smallest absolute Gasteiger partial charge is 0.252 e. The van der Waals surface area contributed by atoms with E-state index in [2.05, 4.69) is 20.6 Å². The Balaban J connectivity index is 1.48. The minimum Gasteiger partial charge on any atom is -0.457 e. The number of H-pyrrole nitrogens is 1. The molecule has 1 aliphatic rings. The number of aliphatic hydroxyl groups is 1. The summed E-state index contributed by atoms with van der Waals surface area (Å²) in [4.78, 5) is 20.1. The van der Waals surface area contributed by atoms with Crippen molar-refractivity contribution in [1.29, 1.82) is 0 Å². The highest BCUT2D eigenvalue weighted by Gasteiger charge is 2.39. The number of carbonyl (C=O) groups is 1. The summed E-state index contributed by atoms with van der Waals surface area (Å²) in [7, 11) is -2.68. The van der Waals surface area contributed by atoms with Crippen molar-refractivity contribution in [3.63, 3.8) is 0 Å². The van der Waals surface area contributed by atoms with Crippen LogP contribution in [0.5, 0.6) is 11.5 Å². The van der Waals surface area contributed by atoms with Gasteiger partial charge in [-0.15, -0.1) is 0 Å². The number of rotatable bonds is 6. The monoisotopic (exact) mass is 499 g/mol. The number of hydrogen-bond donors (Lipinski definition) is 4. The molecule has 2 aromatic carbocycles. The maximum absolute atomic E-state index is 13.5. The molecule has 10 heteroatoms. The lowest BCUT2D eigenvalue weighted by Gasteiger charge is -2.35. The van der Waals surface area contributed by atoms with Crippen molar-refractivity contribution in [2.45, 2.75) is 18.6 Å². The number of fused-ring (bicyclic) bond motifs is 3. The summed E-state index contributed by atoms with van der Waals surface area (Å²) in [6.07, 6.45) is 1.81. The number of pyridine rings is 1. The van der Waals surface area contributed by atoms with Gasteiger partial charge in [-0.2, -0.15) is 0 Å². The van der Waals surface area contributed by atoms with E-state index in [1.807, 2.05) is 0 Å². The van der Waals surface area contributed by atoms with E-state index >= 15 is 0 Å². The van der Waals surface area contributed by atoms with E-state index < -0.39 is 37.0 Å². The molecular weight excluding hydrogens is 475 g/mol. The summed E-state index contributed by atoms with van der Waals surface area (Å²) in [5, 5.41) is 17.8. The van der Waals surface area contributed by atoms with Crippen LogP contribution in [0.15, 0.2) is 54.9 Å². The average molecular weight is 500 g/mol. The molecule has 180 valence electrons. The third kappa shape index (κ3) is 4.18. The SMILES string of the molecule is [2H]C([2H])([2H])OC[C@]1(C)Nc2c(cnc3[nH]cc(C(O)c4ccc(Oc5cccc(F)c5)cc4Cl)c23)NC1=O. The second-order valence-electron chi connectivity index (χ2n) is 8.36. The van der Waals surface area contributed by atoms with E-state index in [0.29, 0.717) is 45.0 Å². The van der Waals surface area contributed by atoms with Crippen LogP contribution in [0.4, 0.5) is 15.8 Å². The minimum absolute atomic E-state index is 0.204. The largest absolute Gasteiger partial charge is 0.457 e. The normalized spacial score (nSPS) is 19.7. The third-order valence-electron chi connectivity index (χ3n) is 5.84. The molecule has 0 bridgehead atoms. The van der Waals surface area contributed by atoms with Gasteiger partial charge in [-0.05, 0) is 31.2 Å². The fourth-order valence-electron chi connectivity index (χ4n) is 4.03. The molecule has 2 atom stereocenters. The van der Waals surface area contributed by atoms with Crippen molar-refractivity contribution in [1.82, 2.24) is 9.97 Å². The van der Waals surface area contributed by atoms with Crippen molar-refractivity contribution in [3.05, 3.63) is 76.8 Å². The lowest BCUT2D eigenvalue weighted by Crippen LogP contribution is -2.53. The Morgan fingerprint density at radius 1 is 1.26 bits per heavy atom. The minimum atomic E-state index is -2.68. The van der Waals surface area contributed by atoms with Gasteiger partial charge in [0.15, 0.2) is 0 Å². The number of amides is 1. The molecular formula is C25H22ClFN4O4. The van der Waals surface area contributed by atoms with Crippen molar-refractivity contribution < 1.29 is 27.9 Å². The lowest BCUT2D eigenvalue weighted by molar-refractivity contribution is -0.121. The van der Waals surface area contributed by atoms with Crippen LogP contribution in [0.25, 0.3) is 11.0 Å². The summed E-state index contributed by atoms with van der Waals surface area (Å²) < 4.78 is 46.0. The molecule has 0 saturated carbocycles. The van der Waals surface area contributed by atoms with E-state index in [1.54, 1.807) is 24.4 Å². The van der Waals surface area contributed by atoms with E-state index in [4.69, 9.17) is 25.2 Å². The van der Waals surface area contributed by atoms with Crippen LogP contribution in [0.2, 0.25) is 5.02 Å². The Hall–Kier alpha value is -3.66. The number of nitrogens with zero attached hydrogens (tertiary/aromatic N) is 1. The molecule has 8 nitrogen and oxygen atoms in total. The number of aromatic nitrogens is 2. The quantitative estimate of drug-likeness (QED) is 0.297. The van der Waals surface area contributed by atoms with Crippen molar-refractivity contribution in [2.24, 2.45) is 0 Å². The zero-order valence-electron chi connectivity index (χ0n) is 21.4. The summed E-state index contributed by atoms with van der Waals surface area (Å²) in [5.74, 6) is -0.293. The number of carbonyl (C=O) groups excluding carboxylic acids is 1. The second kappa shape index (κ2) is 8.84. The fraction of sp³-hybridized carbons (Fsp3) is 0.200. The van der Waals surface area contributed by atoms with Crippen LogP contribution in [0.1, 0.15) is 28.3 Å². The fourth-order valence-corrected chi connectivity index (χ4v) is 4.30. The van der Waals surface area contributed by atoms with Crippen molar-refractivity contribution >= 4 is 39.9 Å². The van der Waals surface area contributed by atoms with Crippen LogP contribution in [-0.2, 0) is 9.53 Å².